The molecule has 0 aliphatic heterocycles. The Morgan fingerprint density at radius 1 is 1.19 bits per heavy atom. The van der Waals surface area contributed by atoms with Crippen LogP contribution in [-0.2, 0) is 13.1 Å². The molecule has 0 saturated heterocycles. The number of nitrogens with one attached hydrogen (secondary N) is 1. The first kappa shape index (κ1) is 14.6. The van der Waals surface area contributed by atoms with Crippen LogP contribution in [0.2, 0.25) is 0 Å². The number of nitro groups is 2. The minimum Gasteiger partial charge on any atom is -0.360 e. The molecule has 1 aromatic heterocycles. The zero-order valence-electron chi connectivity index (χ0n) is 11.1. The van der Waals surface area contributed by atoms with Crippen LogP contribution in [0.5, 0.6) is 0 Å². The van der Waals surface area contributed by atoms with Crippen molar-refractivity contribution >= 4 is 11.4 Å². The maximum Gasteiger partial charge on any atom is 0.280 e. The lowest BCUT2D eigenvalue weighted by atomic mass is 10.1. The van der Waals surface area contributed by atoms with Crippen LogP contribution in [0.3, 0.4) is 0 Å². The van der Waals surface area contributed by atoms with Crippen LogP contribution in [-0.4, -0.2) is 15.0 Å². The van der Waals surface area contributed by atoms with E-state index in [0.717, 1.165) is 11.8 Å². The highest BCUT2D eigenvalue weighted by molar-refractivity contribution is 5.49. The Morgan fingerprint density at radius 3 is 2.52 bits per heavy atom. The number of rotatable bonds is 6. The summed E-state index contributed by atoms with van der Waals surface area (Å²) in [5, 5.41) is 28.3. The zero-order chi connectivity index (χ0) is 15.4. The summed E-state index contributed by atoms with van der Waals surface area (Å²) in [6, 6.07) is 5.31. The smallest absolute Gasteiger partial charge is 0.280 e. The molecule has 21 heavy (non-hydrogen) atoms. The normalized spacial score (nSPS) is 10.5. The van der Waals surface area contributed by atoms with E-state index in [1.54, 1.807) is 13.0 Å². The number of benzene rings is 1. The first-order chi connectivity index (χ1) is 9.97. The van der Waals surface area contributed by atoms with Crippen LogP contribution < -0.4 is 5.32 Å². The van der Waals surface area contributed by atoms with E-state index in [1.165, 1.54) is 12.1 Å². The second-order valence-electron chi connectivity index (χ2n) is 4.37. The fourth-order valence-corrected chi connectivity index (χ4v) is 1.81. The molecule has 9 heteroatoms. The number of hydrogen-bond donors (Lipinski definition) is 1. The van der Waals surface area contributed by atoms with Gasteiger partial charge in [0.25, 0.3) is 11.4 Å². The Bertz CT molecular complexity index is 682. The van der Waals surface area contributed by atoms with Crippen molar-refractivity contribution in [2.24, 2.45) is 0 Å². The summed E-state index contributed by atoms with van der Waals surface area (Å²) in [6.45, 7) is 2.33. The van der Waals surface area contributed by atoms with Crippen LogP contribution in [0.1, 0.15) is 17.0 Å². The summed E-state index contributed by atoms with van der Waals surface area (Å²) in [5.41, 5.74) is 0.511. The van der Waals surface area contributed by atoms with Gasteiger partial charge in [0.15, 0.2) is 5.76 Å². The van der Waals surface area contributed by atoms with Gasteiger partial charge in [0.2, 0.25) is 0 Å². The highest BCUT2D eigenvalue weighted by atomic mass is 16.6. The van der Waals surface area contributed by atoms with Gasteiger partial charge in [0.1, 0.15) is 0 Å². The molecule has 0 saturated carbocycles. The number of nitro benzene ring substituents is 2. The molecular formula is C12H12N4O5. The topological polar surface area (TPSA) is 124 Å². The predicted octanol–water partition coefficient (Wildman–Crippen LogP) is 2.09. The first-order valence-corrected chi connectivity index (χ1v) is 6.02. The van der Waals surface area contributed by atoms with Gasteiger partial charge >= 0.3 is 0 Å². The number of nitrogens with zero attached hydrogens (tertiary/aromatic N) is 3. The molecule has 0 aliphatic rings. The molecule has 1 N–H and O–H groups in total. The van der Waals surface area contributed by atoms with E-state index in [1.807, 2.05) is 0 Å². The van der Waals surface area contributed by atoms with E-state index < -0.39 is 9.85 Å². The molecule has 0 fully saturated rings. The minimum absolute atomic E-state index is 0.189. The molecule has 0 spiro atoms. The number of non-ortho nitro benzene ring substituents is 1. The zero-order valence-corrected chi connectivity index (χ0v) is 11.1. The van der Waals surface area contributed by atoms with Crippen LogP contribution in [0, 0.1) is 27.2 Å². The highest BCUT2D eigenvalue weighted by Gasteiger charge is 2.18. The number of hydrogen-bond acceptors (Lipinski definition) is 7. The van der Waals surface area contributed by atoms with Crippen LogP contribution in [0.4, 0.5) is 11.4 Å². The van der Waals surface area contributed by atoms with E-state index in [4.69, 9.17) is 4.52 Å². The average molecular weight is 292 g/mol. The van der Waals surface area contributed by atoms with Crippen molar-refractivity contribution in [1.82, 2.24) is 10.5 Å². The van der Waals surface area contributed by atoms with Crippen molar-refractivity contribution in [1.29, 1.82) is 0 Å². The standard InChI is InChI=1S/C12H12N4O5/c1-8-4-11(21-14-8)7-13-6-9-2-3-10(15(17)18)5-12(9)16(19)20/h2-5,13H,6-7H2,1H3. The molecule has 110 valence electrons. The fourth-order valence-electron chi connectivity index (χ4n) is 1.81. The van der Waals surface area contributed by atoms with Crippen molar-refractivity contribution in [3.63, 3.8) is 0 Å². The molecule has 1 heterocycles. The second kappa shape index (κ2) is 6.09. The van der Waals surface area contributed by atoms with Crippen molar-refractivity contribution < 1.29 is 14.4 Å². The molecule has 0 aliphatic carbocycles. The molecule has 0 unspecified atom stereocenters. The summed E-state index contributed by atoms with van der Waals surface area (Å²) >= 11 is 0. The van der Waals surface area contributed by atoms with E-state index >= 15 is 0 Å². The van der Waals surface area contributed by atoms with E-state index in [-0.39, 0.29) is 17.9 Å². The highest BCUT2D eigenvalue weighted by Crippen LogP contribution is 2.24. The van der Waals surface area contributed by atoms with Crippen molar-refractivity contribution in [3.05, 3.63) is 61.5 Å². The molecule has 0 atom stereocenters. The molecule has 1 aromatic carbocycles. The van der Waals surface area contributed by atoms with Gasteiger partial charge in [-0.2, -0.15) is 0 Å². The first-order valence-electron chi connectivity index (χ1n) is 6.02. The summed E-state index contributed by atoms with van der Waals surface area (Å²) in [6.07, 6.45) is 0. The Hall–Kier alpha value is -2.81. The lowest BCUT2D eigenvalue weighted by Crippen LogP contribution is -2.13. The van der Waals surface area contributed by atoms with Crippen molar-refractivity contribution in [2.45, 2.75) is 20.0 Å². The quantitative estimate of drug-likeness (QED) is 0.638. The average Bonchev–Trinajstić information content (AvgIpc) is 2.84. The summed E-state index contributed by atoms with van der Waals surface area (Å²) < 4.78 is 4.99. The Morgan fingerprint density at radius 2 is 1.95 bits per heavy atom. The summed E-state index contributed by atoms with van der Waals surface area (Å²) in [7, 11) is 0. The van der Waals surface area contributed by atoms with Gasteiger partial charge in [-0.15, -0.1) is 0 Å². The summed E-state index contributed by atoms with van der Waals surface area (Å²) in [5.74, 6) is 0.608. The molecule has 2 aromatic rings. The predicted molar refractivity (Wildman–Crippen MR) is 71.5 cm³/mol. The molecular weight excluding hydrogens is 280 g/mol. The van der Waals surface area contributed by atoms with Gasteiger partial charge in [-0.3, -0.25) is 20.2 Å². The third-order valence-electron chi connectivity index (χ3n) is 2.77. The Balaban J connectivity index is 2.08. The maximum absolute atomic E-state index is 11.0. The third kappa shape index (κ3) is 3.60. The molecule has 2 rings (SSSR count). The van der Waals surface area contributed by atoms with Crippen molar-refractivity contribution in [2.75, 3.05) is 0 Å². The second-order valence-corrected chi connectivity index (χ2v) is 4.37. The van der Waals surface area contributed by atoms with Crippen molar-refractivity contribution in [3.8, 4) is 0 Å². The summed E-state index contributed by atoms with van der Waals surface area (Å²) in [4.78, 5) is 20.3. The third-order valence-corrected chi connectivity index (χ3v) is 2.77. The van der Waals surface area contributed by atoms with E-state index in [0.29, 0.717) is 17.9 Å². The molecule has 0 radical (unpaired) electrons. The van der Waals surface area contributed by atoms with Gasteiger partial charge in [0.05, 0.1) is 28.2 Å². The van der Waals surface area contributed by atoms with E-state index in [2.05, 4.69) is 10.5 Å². The van der Waals surface area contributed by atoms with Gasteiger partial charge < -0.3 is 9.84 Å². The molecule has 0 amide bonds. The Labute approximate surface area is 118 Å². The van der Waals surface area contributed by atoms with Crippen LogP contribution >= 0.6 is 0 Å². The number of aromatic nitrogens is 1. The monoisotopic (exact) mass is 292 g/mol. The van der Waals surface area contributed by atoms with E-state index in [9.17, 15) is 20.2 Å². The van der Waals surface area contributed by atoms with Crippen LogP contribution in [0.25, 0.3) is 0 Å². The lowest BCUT2D eigenvalue weighted by Gasteiger charge is -2.04. The SMILES string of the molecule is Cc1cc(CNCc2ccc([N+](=O)[O-])cc2[N+](=O)[O-])on1. The molecule has 0 bridgehead atoms. The lowest BCUT2D eigenvalue weighted by molar-refractivity contribution is -0.394. The minimum atomic E-state index is -0.665. The van der Waals surface area contributed by atoms with Gasteiger partial charge in [-0.1, -0.05) is 5.16 Å². The Kier molecular flexibility index (Phi) is 4.24. The molecule has 9 nitrogen and oxygen atoms in total. The van der Waals surface area contributed by atoms with Gasteiger partial charge in [-0.05, 0) is 13.0 Å². The van der Waals surface area contributed by atoms with Gasteiger partial charge in [0, 0.05) is 24.2 Å². The largest absolute Gasteiger partial charge is 0.360 e. The van der Waals surface area contributed by atoms with Gasteiger partial charge in [-0.25, -0.2) is 0 Å². The number of aryl methyl sites for hydroxylation is 1. The fraction of sp³-hybridized carbons (Fsp3) is 0.250. The maximum atomic E-state index is 11.0. The van der Waals surface area contributed by atoms with Crippen LogP contribution in [0.15, 0.2) is 28.8 Å².